The first-order chi connectivity index (χ1) is 4.83. The summed E-state index contributed by atoms with van der Waals surface area (Å²) in [6, 6.07) is 2.70. The van der Waals surface area contributed by atoms with Crippen molar-refractivity contribution in [2.75, 3.05) is 5.32 Å². The molecule has 56 valence electrons. The monoisotopic (exact) mass is 155 g/mol. The van der Waals surface area contributed by atoms with Crippen LogP contribution in [0.2, 0.25) is 0 Å². The van der Waals surface area contributed by atoms with E-state index in [4.69, 9.17) is 0 Å². The van der Waals surface area contributed by atoms with Gasteiger partial charge >= 0.3 is 0 Å². The molecule has 1 nitrogen and oxygen atoms in total. The Morgan fingerprint density at radius 3 is 3.00 bits per heavy atom. The lowest BCUT2D eigenvalue weighted by Gasteiger charge is -2.09. The number of rotatable bonds is 3. The van der Waals surface area contributed by atoms with Crippen molar-refractivity contribution in [1.29, 1.82) is 0 Å². The summed E-state index contributed by atoms with van der Waals surface area (Å²) in [7, 11) is 0. The molecular weight excluding hydrogens is 142 g/mol. The number of hydrogen-bond donors (Lipinski definition) is 1. The summed E-state index contributed by atoms with van der Waals surface area (Å²) in [5.74, 6) is 0. The highest BCUT2D eigenvalue weighted by Crippen LogP contribution is 2.13. The molecule has 1 aromatic rings. The minimum absolute atomic E-state index is 0.592. The normalized spacial score (nSPS) is 13.0. The minimum Gasteiger partial charge on any atom is -0.382 e. The Balaban J connectivity index is 2.40. The largest absolute Gasteiger partial charge is 0.382 e. The summed E-state index contributed by atoms with van der Waals surface area (Å²) < 4.78 is 0. The number of hydrogen-bond acceptors (Lipinski definition) is 2. The number of thiophene rings is 1. The van der Waals surface area contributed by atoms with Gasteiger partial charge in [0.1, 0.15) is 0 Å². The topological polar surface area (TPSA) is 12.0 Å². The smallest absolute Gasteiger partial charge is 0.0450 e. The second-order valence-electron chi connectivity index (χ2n) is 2.47. The van der Waals surface area contributed by atoms with E-state index in [1.165, 1.54) is 12.1 Å². The van der Waals surface area contributed by atoms with E-state index < -0.39 is 0 Å². The molecule has 0 radical (unpaired) electrons. The Hall–Kier alpha value is -0.500. The minimum atomic E-state index is 0.592. The van der Waals surface area contributed by atoms with E-state index in [-0.39, 0.29) is 0 Å². The fourth-order valence-corrected chi connectivity index (χ4v) is 1.33. The molecule has 0 fully saturated rings. The van der Waals surface area contributed by atoms with Crippen LogP contribution in [0.15, 0.2) is 16.8 Å². The first-order valence-electron chi connectivity index (χ1n) is 3.61. The van der Waals surface area contributed by atoms with Gasteiger partial charge in [-0.2, -0.15) is 11.3 Å². The summed E-state index contributed by atoms with van der Waals surface area (Å²) in [5.41, 5.74) is 1.25. The third-order valence-electron chi connectivity index (χ3n) is 1.55. The van der Waals surface area contributed by atoms with E-state index in [0.717, 1.165) is 0 Å². The van der Waals surface area contributed by atoms with Crippen molar-refractivity contribution in [1.82, 2.24) is 0 Å². The Morgan fingerprint density at radius 1 is 1.70 bits per heavy atom. The van der Waals surface area contributed by atoms with Crippen molar-refractivity contribution < 1.29 is 0 Å². The molecule has 2 heteroatoms. The van der Waals surface area contributed by atoms with Gasteiger partial charge in [-0.1, -0.05) is 6.92 Å². The van der Waals surface area contributed by atoms with Crippen LogP contribution in [0.1, 0.15) is 20.3 Å². The quantitative estimate of drug-likeness (QED) is 0.707. The van der Waals surface area contributed by atoms with Gasteiger partial charge in [0, 0.05) is 17.1 Å². The molecule has 1 rings (SSSR count). The molecule has 1 unspecified atom stereocenters. The van der Waals surface area contributed by atoms with E-state index >= 15 is 0 Å². The molecule has 0 spiro atoms. The van der Waals surface area contributed by atoms with Gasteiger partial charge in [0.25, 0.3) is 0 Å². The second kappa shape index (κ2) is 3.62. The zero-order valence-corrected chi connectivity index (χ0v) is 7.24. The van der Waals surface area contributed by atoms with E-state index in [9.17, 15) is 0 Å². The van der Waals surface area contributed by atoms with Crippen molar-refractivity contribution in [3.05, 3.63) is 16.8 Å². The molecule has 0 aliphatic carbocycles. The van der Waals surface area contributed by atoms with E-state index in [2.05, 4.69) is 36.0 Å². The van der Waals surface area contributed by atoms with E-state index in [1.807, 2.05) is 0 Å². The Kier molecular flexibility index (Phi) is 2.75. The molecule has 0 aliphatic rings. The van der Waals surface area contributed by atoms with E-state index in [0.29, 0.717) is 6.04 Å². The zero-order valence-electron chi connectivity index (χ0n) is 6.42. The molecule has 10 heavy (non-hydrogen) atoms. The molecule has 0 aromatic carbocycles. The SMILES string of the molecule is CCC(C)Nc1ccsc1. The highest BCUT2D eigenvalue weighted by molar-refractivity contribution is 7.08. The fraction of sp³-hybridized carbons (Fsp3) is 0.500. The summed E-state index contributed by atoms with van der Waals surface area (Å²) in [4.78, 5) is 0. The average Bonchev–Trinajstić information content (AvgIpc) is 2.40. The maximum Gasteiger partial charge on any atom is 0.0450 e. The predicted molar refractivity (Wildman–Crippen MR) is 47.7 cm³/mol. The molecule has 1 aromatic heterocycles. The van der Waals surface area contributed by atoms with Gasteiger partial charge in [-0.25, -0.2) is 0 Å². The van der Waals surface area contributed by atoms with Gasteiger partial charge in [0.15, 0.2) is 0 Å². The first-order valence-corrected chi connectivity index (χ1v) is 4.56. The highest BCUT2D eigenvalue weighted by atomic mass is 32.1. The van der Waals surface area contributed by atoms with Crippen molar-refractivity contribution >= 4 is 17.0 Å². The lowest BCUT2D eigenvalue weighted by atomic mass is 10.2. The summed E-state index contributed by atoms with van der Waals surface area (Å²) >= 11 is 1.73. The Bertz CT molecular complexity index is 169. The first kappa shape index (κ1) is 7.61. The van der Waals surface area contributed by atoms with Gasteiger partial charge < -0.3 is 5.32 Å². The van der Waals surface area contributed by atoms with Crippen molar-refractivity contribution in [2.45, 2.75) is 26.3 Å². The number of nitrogens with one attached hydrogen (secondary N) is 1. The summed E-state index contributed by atoms with van der Waals surface area (Å²) in [5, 5.41) is 7.60. The maximum atomic E-state index is 3.38. The lowest BCUT2D eigenvalue weighted by Crippen LogP contribution is -2.12. The predicted octanol–water partition coefficient (Wildman–Crippen LogP) is 2.96. The van der Waals surface area contributed by atoms with Gasteiger partial charge in [-0.05, 0) is 24.8 Å². The number of anilines is 1. The molecule has 0 amide bonds. The highest BCUT2D eigenvalue weighted by Gasteiger charge is 1.96. The summed E-state index contributed by atoms with van der Waals surface area (Å²) in [6.07, 6.45) is 1.18. The molecule has 1 heterocycles. The maximum absolute atomic E-state index is 3.38. The van der Waals surface area contributed by atoms with Crippen molar-refractivity contribution in [2.24, 2.45) is 0 Å². The van der Waals surface area contributed by atoms with Crippen LogP contribution in [-0.4, -0.2) is 6.04 Å². The van der Waals surface area contributed by atoms with Crippen molar-refractivity contribution in [3.8, 4) is 0 Å². The van der Waals surface area contributed by atoms with Crippen LogP contribution in [0.5, 0.6) is 0 Å². The average molecular weight is 155 g/mol. The molecule has 0 saturated heterocycles. The van der Waals surface area contributed by atoms with Crippen molar-refractivity contribution in [3.63, 3.8) is 0 Å². The molecule has 1 N–H and O–H groups in total. The third-order valence-corrected chi connectivity index (χ3v) is 2.23. The van der Waals surface area contributed by atoms with Crippen LogP contribution in [-0.2, 0) is 0 Å². The standard InChI is InChI=1S/C8H13NS/c1-3-7(2)9-8-4-5-10-6-8/h4-7,9H,3H2,1-2H3. The molecule has 0 bridgehead atoms. The van der Waals surface area contributed by atoms with Crippen LogP contribution in [0.4, 0.5) is 5.69 Å². The van der Waals surface area contributed by atoms with Gasteiger partial charge in [-0.3, -0.25) is 0 Å². The Morgan fingerprint density at radius 2 is 2.50 bits per heavy atom. The van der Waals surface area contributed by atoms with Gasteiger partial charge in [0.2, 0.25) is 0 Å². The second-order valence-corrected chi connectivity index (χ2v) is 3.25. The van der Waals surface area contributed by atoms with Gasteiger partial charge in [-0.15, -0.1) is 0 Å². The van der Waals surface area contributed by atoms with Crippen LogP contribution in [0.3, 0.4) is 0 Å². The molecule has 1 atom stereocenters. The summed E-state index contributed by atoms with van der Waals surface area (Å²) in [6.45, 7) is 4.38. The van der Waals surface area contributed by atoms with Crippen LogP contribution in [0.25, 0.3) is 0 Å². The van der Waals surface area contributed by atoms with Crippen LogP contribution >= 0.6 is 11.3 Å². The molecular formula is C8H13NS. The van der Waals surface area contributed by atoms with Crippen LogP contribution in [0, 0.1) is 0 Å². The lowest BCUT2D eigenvalue weighted by molar-refractivity contribution is 0.765. The van der Waals surface area contributed by atoms with Crippen LogP contribution < -0.4 is 5.32 Å². The Labute approximate surface area is 66.1 Å². The fourth-order valence-electron chi connectivity index (χ4n) is 0.733. The van der Waals surface area contributed by atoms with Gasteiger partial charge in [0.05, 0.1) is 0 Å². The third kappa shape index (κ3) is 2.03. The zero-order chi connectivity index (χ0) is 7.40. The van der Waals surface area contributed by atoms with E-state index in [1.54, 1.807) is 11.3 Å². The molecule has 0 aliphatic heterocycles. The molecule has 0 saturated carbocycles.